The van der Waals surface area contributed by atoms with Gasteiger partial charge in [0.25, 0.3) is 0 Å². The molecule has 0 fully saturated rings. The molecule has 0 amide bonds. The second kappa shape index (κ2) is 6.78. The van der Waals surface area contributed by atoms with Crippen LogP contribution in [0.4, 0.5) is 0 Å². The zero-order valence-corrected chi connectivity index (χ0v) is 13.1. The van der Waals surface area contributed by atoms with Crippen LogP contribution in [0.2, 0.25) is 0 Å². The highest BCUT2D eigenvalue weighted by molar-refractivity contribution is 5.39. The van der Waals surface area contributed by atoms with Gasteiger partial charge in [-0.1, -0.05) is 42.9 Å². The molecule has 2 unspecified atom stereocenters. The molecule has 0 bridgehead atoms. The smallest absolute Gasteiger partial charge is 0.122 e. The van der Waals surface area contributed by atoms with Crippen molar-refractivity contribution in [2.75, 3.05) is 6.61 Å². The Bertz CT molecular complexity index is 510. The fourth-order valence-electron chi connectivity index (χ4n) is 2.75. The van der Waals surface area contributed by atoms with Gasteiger partial charge in [0.2, 0.25) is 0 Å². The number of benzene rings is 1. The van der Waals surface area contributed by atoms with E-state index in [1.54, 1.807) is 0 Å². The summed E-state index contributed by atoms with van der Waals surface area (Å²) in [7, 11) is 0. The van der Waals surface area contributed by atoms with Crippen LogP contribution < -0.4 is 4.74 Å². The van der Waals surface area contributed by atoms with Crippen molar-refractivity contribution in [3.63, 3.8) is 0 Å². The molecule has 0 radical (unpaired) electrons. The fraction of sp³-hybridized carbons (Fsp3) is 0.474. The van der Waals surface area contributed by atoms with Crippen molar-refractivity contribution in [1.29, 1.82) is 0 Å². The summed E-state index contributed by atoms with van der Waals surface area (Å²) in [4.78, 5) is 0. The van der Waals surface area contributed by atoms with Crippen LogP contribution in [-0.2, 0) is 0 Å². The Morgan fingerprint density at radius 2 is 2.05 bits per heavy atom. The molecule has 1 nitrogen and oxygen atoms in total. The van der Waals surface area contributed by atoms with Gasteiger partial charge in [0, 0.05) is 5.92 Å². The van der Waals surface area contributed by atoms with Crippen molar-refractivity contribution in [3.05, 3.63) is 53.1 Å². The molecule has 108 valence electrons. The van der Waals surface area contributed by atoms with E-state index in [1.165, 1.54) is 23.1 Å². The third kappa shape index (κ3) is 3.53. The number of ether oxygens (including phenoxy) is 1. The molecule has 1 aliphatic rings. The third-order valence-electron chi connectivity index (χ3n) is 4.27. The number of hydrogen-bond acceptors (Lipinski definition) is 1. The molecule has 0 saturated heterocycles. The van der Waals surface area contributed by atoms with Crippen LogP contribution in [0.25, 0.3) is 0 Å². The van der Waals surface area contributed by atoms with E-state index in [9.17, 15) is 0 Å². The van der Waals surface area contributed by atoms with Gasteiger partial charge in [-0.3, -0.25) is 0 Å². The average Bonchev–Trinajstić information content (AvgIpc) is 2.42. The average molecular weight is 270 g/mol. The van der Waals surface area contributed by atoms with E-state index in [1.807, 2.05) is 6.92 Å². The van der Waals surface area contributed by atoms with E-state index in [4.69, 9.17) is 4.74 Å². The van der Waals surface area contributed by atoms with E-state index in [-0.39, 0.29) is 0 Å². The molecule has 20 heavy (non-hydrogen) atoms. The van der Waals surface area contributed by atoms with Crippen LogP contribution in [-0.4, -0.2) is 6.61 Å². The maximum atomic E-state index is 5.74. The number of hydrogen-bond donors (Lipinski definition) is 0. The van der Waals surface area contributed by atoms with Gasteiger partial charge in [-0.05, 0) is 56.7 Å². The van der Waals surface area contributed by atoms with E-state index >= 15 is 0 Å². The van der Waals surface area contributed by atoms with Gasteiger partial charge in [-0.15, -0.1) is 0 Å². The first-order valence-electron chi connectivity index (χ1n) is 7.68. The van der Waals surface area contributed by atoms with E-state index in [0.29, 0.717) is 11.8 Å². The normalized spacial score (nSPS) is 27.1. The SMILES string of the molecule is CCOc1cc(C2/C=C/C/C=C(/C)C(C)C2)ccc1C. The Hall–Kier alpha value is -1.50. The van der Waals surface area contributed by atoms with E-state index in [0.717, 1.165) is 18.8 Å². The molecule has 1 aromatic carbocycles. The summed E-state index contributed by atoms with van der Waals surface area (Å²) in [5, 5.41) is 0. The number of aryl methyl sites for hydroxylation is 1. The lowest BCUT2D eigenvalue weighted by Gasteiger charge is -2.22. The summed E-state index contributed by atoms with van der Waals surface area (Å²) in [6, 6.07) is 6.65. The van der Waals surface area contributed by atoms with Crippen molar-refractivity contribution in [2.45, 2.75) is 46.5 Å². The van der Waals surface area contributed by atoms with Crippen molar-refractivity contribution in [1.82, 2.24) is 0 Å². The molecule has 0 aliphatic heterocycles. The Labute approximate surface area is 123 Å². The molecule has 1 heteroatoms. The summed E-state index contributed by atoms with van der Waals surface area (Å²) in [6.07, 6.45) is 9.22. The van der Waals surface area contributed by atoms with Gasteiger partial charge in [0.05, 0.1) is 6.61 Å². The van der Waals surface area contributed by atoms with Crippen LogP contribution in [0.1, 0.15) is 50.7 Å². The van der Waals surface area contributed by atoms with Crippen LogP contribution >= 0.6 is 0 Å². The third-order valence-corrected chi connectivity index (χ3v) is 4.27. The largest absolute Gasteiger partial charge is 0.494 e. The molecule has 2 atom stereocenters. The predicted octanol–water partition coefficient (Wildman–Crippen LogP) is 5.41. The maximum absolute atomic E-state index is 5.74. The van der Waals surface area contributed by atoms with Gasteiger partial charge >= 0.3 is 0 Å². The Kier molecular flexibility index (Phi) is 5.05. The monoisotopic (exact) mass is 270 g/mol. The van der Waals surface area contributed by atoms with Crippen LogP contribution in [0, 0.1) is 12.8 Å². The van der Waals surface area contributed by atoms with Gasteiger partial charge in [-0.2, -0.15) is 0 Å². The maximum Gasteiger partial charge on any atom is 0.122 e. The zero-order valence-electron chi connectivity index (χ0n) is 13.1. The first-order valence-corrected chi connectivity index (χ1v) is 7.68. The summed E-state index contributed by atoms with van der Waals surface area (Å²) >= 11 is 0. The lowest BCUT2D eigenvalue weighted by atomic mass is 9.84. The number of allylic oxidation sites excluding steroid dienone is 4. The van der Waals surface area contributed by atoms with Crippen molar-refractivity contribution >= 4 is 0 Å². The highest BCUT2D eigenvalue weighted by atomic mass is 16.5. The standard InChI is InChI=1S/C19H26O/c1-5-20-19-13-18(11-10-15(19)3)17-9-7-6-8-14(2)16(4)12-17/h7-11,13,16-17H,5-6,12H2,1-4H3/b9-7+,14-8-. The minimum Gasteiger partial charge on any atom is -0.494 e. The van der Waals surface area contributed by atoms with Gasteiger partial charge in [-0.25, -0.2) is 0 Å². The first kappa shape index (κ1) is 14.9. The summed E-state index contributed by atoms with van der Waals surface area (Å²) in [5.41, 5.74) is 4.10. The molecule has 0 heterocycles. The molecule has 0 aromatic heterocycles. The van der Waals surface area contributed by atoms with Gasteiger partial charge in [0.1, 0.15) is 5.75 Å². The molecule has 0 N–H and O–H groups in total. The molecular formula is C19H26O. The van der Waals surface area contributed by atoms with Gasteiger partial charge in [0.15, 0.2) is 0 Å². The lowest BCUT2D eigenvalue weighted by Crippen LogP contribution is -2.07. The summed E-state index contributed by atoms with van der Waals surface area (Å²) in [5.74, 6) is 2.16. The first-order chi connectivity index (χ1) is 9.61. The molecule has 1 aromatic rings. The molecular weight excluding hydrogens is 244 g/mol. The highest BCUT2D eigenvalue weighted by Gasteiger charge is 2.16. The Morgan fingerprint density at radius 3 is 2.80 bits per heavy atom. The van der Waals surface area contributed by atoms with Crippen molar-refractivity contribution in [2.24, 2.45) is 5.92 Å². The van der Waals surface area contributed by atoms with Crippen LogP contribution in [0.5, 0.6) is 5.75 Å². The Balaban J connectivity index is 2.26. The topological polar surface area (TPSA) is 9.23 Å². The van der Waals surface area contributed by atoms with Crippen LogP contribution in [0.3, 0.4) is 0 Å². The van der Waals surface area contributed by atoms with Crippen molar-refractivity contribution < 1.29 is 4.74 Å². The Morgan fingerprint density at radius 1 is 1.25 bits per heavy atom. The van der Waals surface area contributed by atoms with E-state index in [2.05, 4.69) is 57.2 Å². The summed E-state index contributed by atoms with van der Waals surface area (Å²) < 4.78 is 5.74. The predicted molar refractivity (Wildman–Crippen MR) is 86.4 cm³/mol. The lowest BCUT2D eigenvalue weighted by molar-refractivity contribution is 0.337. The summed E-state index contributed by atoms with van der Waals surface area (Å²) in [6.45, 7) is 9.46. The quantitative estimate of drug-likeness (QED) is 0.667. The highest BCUT2D eigenvalue weighted by Crippen LogP contribution is 2.33. The van der Waals surface area contributed by atoms with Gasteiger partial charge < -0.3 is 4.74 Å². The second-order valence-electron chi connectivity index (χ2n) is 5.81. The minimum absolute atomic E-state index is 0.494. The molecule has 0 saturated carbocycles. The zero-order chi connectivity index (χ0) is 14.5. The molecule has 2 rings (SSSR count). The fourth-order valence-corrected chi connectivity index (χ4v) is 2.75. The van der Waals surface area contributed by atoms with Crippen molar-refractivity contribution in [3.8, 4) is 5.75 Å². The van der Waals surface area contributed by atoms with Crippen LogP contribution in [0.15, 0.2) is 42.0 Å². The minimum atomic E-state index is 0.494. The van der Waals surface area contributed by atoms with E-state index < -0.39 is 0 Å². The molecule has 0 spiro atoms. The number of rotatable bonds is 3. The molecule has 1 aliphatic carbocycles. The second-order valence-corrected chi connectivity index (χ2v) is 5.81.